The van der Waals surface area contributed by atoms with Crippen LogP contribution in [-0.4, -0.2) is 16.6 Å². The number of ether oxygens (including phenoxy) is 1. The first-order valence-corrected chi connectivity index (χ1v) is 6.21. The van der Waals surface area contributed by atoms with Gasteiger partial charge in [0.1, 0.15) is 11.3 Å². The van der Waals surface area contributed by atoms with Gasteiger partial charge in [-0.15, -0.1) is 0 Å². The minimum atomic E-state index is -0.489. The minimum absolute atomic E-state index is 0.331. The first-order chi connectivity index (χ1) is 6.79. The van der Waals surface area contributed by atoms with Crippen molar-refractivity contribution in [1.82, 2.24) is 4.98 Å². The number of carbonyl (C=O) groups is 1. The minimum Gasteiger partial charge on any atom is -0.455 e. The Morgan fingerprint density at radius 3 is 2.60 bits per heavy atom. The maximum Gasteiger partial charge on any atom is 0.357 e. The SMILES string of the molecule is CC(C)(C)OC(=O)c1cc(I)c(Br)cn1. The normalized spacial score (nSPS) is 11.3. The Hall–Kier alpha value is -0.170. The van der Waals surface area contributed by atoms with Crippen LogP contribution in [0.1, 0.15) is 31.3 Å². The molecule has 1 aromatic rings. The highest BCUT2D eigenvalue weighted by Crippen LogP contribution is 2.19. The van der Waals surface area contributed by atoms with E-state index in [0.717, 1.165) is 8.04 Å². The van der Waals surface area contributed by atoms with Crippen molar-refractivity contribution in [3.8, 4) is 0 Å². The summed E-state index contributed by atoms with van der Waals surface area (Å²) in [6.45, 7) is 5.48. The lowest BCUT2D eigenvalue weighted by molar-refractivity contribution is 0.00627. The van der Waals surface area contributed by atoms with E-state index >= 15 is 0 Å². The van der Waals surface area contributed by atoms with Crippen LogP contribution in [0.3, 0.4) is 0 Å². The average Bonchev–Trinajstić information content (AvgIpc) is 2.06. The van der Waals surface area contributed by atoms with Crippen molar-refractivity contribution < 1.29 is 9.53 Å². The number of aromatic nitrogens is 1. The predicted molar refractivity (Wildman–Crippen MR) is 69.8 cm³/mol. The van der Waals surface area contributed by atoms with Crippen LogP contribution >= 0.6 is 38.5 Å². The molecule has 1 rings (SSSR count). The van der Waals surface area contributed by atoms with E-state index in [1.165, 1.54) is 0 Å². The number of hydrogen-bond acceptors (Lipinski definition) is 3. The van der Waals surface area contributed by atoms with Gasteiger partial charge in [0.2, 0.25) is 0 Å². The van der Waals surface area contributed by atoms with Crippen LogP contribution in [0.2, 0.25) is 0 Å². The van der Waals surface area contributed by atoms with E-state index in [4.69, 9.17) is 4.74 Å². The molecule has 3 nitrogen and oxygen atoms in total. The Morgan fingerprint density at radius 2 is 2.13 bits per heavy atom. The fourth-order valence-electron chi connectivity index (χ4n) is 0.856. The first kappa shape index (κ1) is 12.9. The largest absolute Gasteiger partial charge is 0.455 e. The molecule has 0 aromatic carbocycles. The van der Waals surface area contributed by atoms with Gasteiger partial charge in [0, 0.05) is 14.2 Å². The fourth-order valence-corrected chi connectivity index (χ4v) is 1.51. The van der Waals surface area contributed by atoms with Crippen LogP contribution in [-0.2, 0) is 4.74 Å². The summed E-state index contributed by atoms with van der Waals surface area (Å²) in [4.78, 5) is 15.6. The molecule has 0 aliphatic rings. The molecule has 5 heteroatoms. The predicted octanol–water partition coefficient (Wildman–Crippen LogP) is 3.40. The molecule has 0 bridgehead atoms. The molecule has 0 fully saturated rings. The van der Waals surface area contributed by atoms with Gasteiger partial charge in [0.05, 0.1) is 0 Å². The van der Waals surface area contributed by atoms with Crippen molar-refractivity contribution in [2.45, 2.75) is 26.4 Å². The van der Waals surface area contributed by atoms with Gasteiger partial charge in [-0.2, -0.15) is 0 Å². The summed E-state index contributed by atoms with van der Waals surface area (Å²) in [5.74, 6) is -0.395. The lowest BCUT2D eigenvalue weighted by Crippen LogP contribution is -2.24. The molecule has 1 aromatic heterocycles. The van der Waals surface area contributed by atoms with Crippen LogP contribution in [0.4, 0.5) is 0 Å². The number of hydrogen-bond donors (Lipinski definition) is 0. The second kappa shape index (κ2) is 4.78. The molecular formula is C10H11BrINO2. The third kappa shape index (κ3) is 4.06. The van der Waals surface area contributed by atoms with Gasteiger partial charge in [-0.05, 0) is 65.4 Å². The van der Waals surface area contributed by atoms with Crippen LogP contribution < -0.4 is 0 Å². The summed E-state index contributed by atoms with van der Waals surface area (Å²) in [6, 6.07) is 1.69. The Kier molecular flexibility index (Phi) is 4.11. The van der Waals surface area contributed by atoms with E-state index in [1.54, 1.807) is 12.3 Å². The molecule has 0 spiro atoms. The third-order valence-corrected chi connectivity index (χ3v) is 3.68. The smallest absolute Gasteiger partial charge is 0.357 e. The molecule has 0 aliphatic carbocycles. The zero-order valence-electron chi connectivity index (χ0n) is 8.67. The summed E-state index contributed by atoms with van der Waals surface area (Å²) >= 11 is 5.44. The van der Waals surface area contributed by atoms with E-state index in [0.29, 0.717) is 5.69 Å². The molecule has 0 N–H and O–H groups in total. The van der Waals surface area contributed by atoms with Gasteiger partial charge in [-0.1, -0.05) is 0 Å². The van der Waals surface area contributed by atoms with Gasteiger partial charge in [-0.3, -0.25) is 0 Å². The lowest BCUT2D eigenvalue weighted by Gasteiger charge is -2.19. The number of pyridine rings is 1. The van der Waals surface area contributed by atoms with Crippen LogP contribution in [0, 0.1) is 3.57 Å². The van der Waals surface area contributed by atoms with E-state index in [2.05, 4.69) is 43.5 Å². The third-order valence-electron chi connectivity index (χ3n) is 1.42. The molecule has 1 heterocycles. The number of rotatable bonds is 1. The number of esters is 1. The first-order valence-electron chi connectivity index (χ1n) is 4.34. The van der Waals surface area contributed by atoms with Crippen LogP contribution in [0.5, 0.6) is 0 Å². The topological polar surface area (TPSA) is 39.2 Å². The van der Waals surface area contributed by atoms with Crippen molar-refractivity contribution in [2.75, 3.05) is 0 Å². The molecule has 0 unspecified atom stereocenters. The molecular weight excluding hydrogens is 373 g/mol. The maximum absolute atomic E-state index is 11.6. The molecule has 0 atom stereocenters. The Bertz CT molecular complexity index is 387. The van der Waals surface area contributed by atoms with Crippen LogP contribution in [0.15, 0.2) is 16.7 Å². The lowest BCUT2D eigenvalue weighted by atomic mass is 10.2. The van der Waals surface area contributed by atoms with E-state index in [1.807, 2.05) is 20.8 Å². The highest BCUT2D eigenvalue weighted by atomic mass is 127. The van der Waals surface area contributed by atoms with Gasteiger partial charge in [0.25, 0.3) is 0 Å². The summed E-state index contributed by atoms with van der Waals surface area (Å²) < 4.78 is 7.00. The molecule has 0 amide bonds. The van der Waals surface area contributed by atoms with Crippen molar-refractivity contribution >= 4 is 44.5 Å². The summed E-state index contributed by atoms with van der Waals surface area (Å²) in [6.07, 6.45) is 1.60. The highest BCUT2D eigenvalue weighted by molar-refractivity contribution is 14.1. The Morgan fingerprint density at radius 1 is 1.53 bits per heavy atom. The monoisotopic (exact) mass is 383 g/mol. The average molecular weight is 384 g/mol. The van der Waals surface area contributed by atoms with Gasteiger partial charge >= 0.3 is 5.97 Å². The number of carbonyl (C=O) groups excluding carboxylic acids is 1. The maximum atomic E-state index is 11.6. The molecule has 15 heavy (non-hydrogen) atoms. The van der Waals surface area contributed by atoms with E-state index in [9.17, 15) is 4.79 Å². The van der Waals surface area contributed by atoms with Crippen molar-refractivity contribution in [2.24, 2.45) is 0 Å². The molecule has 0 saturated carbocycles. The zero-order valence-corrected chi connectivity index (χ0v) is 12.4. The number of nitrogens with zero attached hydrogens (tertiary/aromatic N) is 1. The van der Waals surface area contributed by atoms with Gasteiger partial charge < -0.3 is 4.74 Å². The van der Waals surface area contributed by atoms with Crippen molar-refractivity contribution in [3.63, 3.8) is 0 Å². The highest BCUT2D eigenvalue weighted by Gasteiger charge is 2.19. The van der Waals surface area contributed by atoms with Gasteiger partial charge in [-0.25, -0.2) is 9.78 Å². The second-order valence-corrected chi connectivity index (χ2v) is 6.00. The molecule has 0 aliphatic heterocycles. The van der Waals surface area contributed by atoms with E-state index < -0.39 is 11.6 Å². The molecule has 82 valence electrons. The standard InChI is InChI=1S/C10H11BrINO2/c1-10(2,3)15-9(14)8-4-7(12)6(11)5-13-8/h4-5H,1-3H3. The van der Waals surface area contributed by atoms with Crippen molar-refractivity contribution in [1.29, 1.82) is 0 Å². The molecule has 0 saturated heterocycles. The van der Waals surface area contributed by atoms with Crippen LogP contribution in [0.25, 0.3) is 0 Å². The van der Waals surface area contributed by atoms with E-state index in [-0.39, 0.29) is 0 Å². The summed E-state index contributed by atoms with van der Waals surface area (Å²) in [5.41, 5.74) is -0.158. The van der Waals surface area contributed by atoms with Crippen molar-refractivity contribution in [3.05, 3.63) is 26.0 Å². The molecule has 0 radical (unpaired) electrons. The summed E-state index contributed by atoms with van der Waals surface area (Å²) in [7, 11) is 0. The zero-order chi connectivity index (χ0) is 11.6. The Balaban J connectivity index is 2.88. The Labute approximate surface area is 111 Å². The number of halogens is 2. The summed E-state index contributed by atoms with van der Waals surface area (Å²) in [5, 5.41) is 0. The quantitative estimate of drug-likeness (QED) is 0.551. The fraction of sp³-hybridized carbons (Fsp3) is 0.400. The second-order valence-electron chi connectivity index (χ2n) is 3.99. The van der Waals surface area contributed by atoms with Gasteiger partial charge in [0.15, 0.2) is 0 Å².